The number of unbranched alkanes of at least 4 members (excludes halogenated alkanes) is 1. The third-order valence-electron chi connectivity index (χ3n) is 3.00. The largest absolute Gasteiger partial charge is 0.126 e. The van der Waals surface area contributed by atoms with Gasteiger partial charge in [0.1, 0.15) is 0 Å². The highest BCUT2D eigenvalue weighted by molar-refractivity contribution is 6.76. The van der Waals surface area contributed by atoms with E-state index < -0.39 is 8.07 Å². The van der Waals surface area contributed by atoms with E-state index >= 15 is 0 Å². The van der Waals surface area contributed by atoms with Gasteiger partial charge in [-0.2, -0.15) is 0 Å². The third kappa shape index (κ3) is 5.40. The summed E-state index contributed by atoms with van der Waals surface area (Å²) in [6.45, 7) is 11.9. The van der Waals surface area contributed by atoms with E-state index in [1.165, 1.54) is 31.7 Å². The lowest BCUT2D eigenvalue weighted by Gasteiger charge is -2.36. The molecule has 0 aromatic carbocycles. The molecule has 0 amide bonds. The lowest BCUT2D eigenvalue weighted by Crippen LogP contribution is -2.33. The Morgan fingerprint density at radius 3 is 2.00 bits per heavy atom. The van der Waals surface area contributed by atoms with Gasteiger partial charge in [-0.05, 0) is 18.3 Å². The average Bonchev–Trinajstić information content (AvgIpc) is 2.10. The van der Waals surface area contributed by atoms with Gasteiger partial charge in [0.25, 0.3) is 0 Å². The van der Waals surface area contributed by atoms with Crippen LogP contribution in [-0.2, 0) is 0 Å². The van der Waals surface area contributed by atoms with E-state index in [9.17, 15) is 0 Å². The Morgan fingerprint density at radius 2 is 1.71 bits per heavy atom. The van der Waals surface area contributed by atoms with Crippen molar-refractivity contribution in [3.63, 3.8) is 0 Å². The minimum Gasteiger partial charge on any atom is -0.126 e. The minimum absolute atomic E-state index is 0.446. The summed E-state index contributed by atoms with van der Waals surface area (Å²) in [5, 5.41) is 0. The maximum atomic E-state index is 6.19. The van der Waals surface area contributed by atoms with Crippen LogP contribution in [0, 0.1) is 5.41 Å². The molecule has 2 heteroatoms. The van der Waals surface area contributed by atoms with Gasteiger partial charge in [0.15, 0.2) is 0 Å². The van der Waals surface area contributed by atoms with Crippen molar-refractivity contribution in [1.29, 1.82) is 0 Å². The van der Waals surface area contributed by atoms with E-state index in [1.807, 2.05) is 0 Å². The molecule has 0 aliphatic carbocycles. The first-order chi connectivity index (χ1) is 6.39. The van der Waals surface area contributed by atoms with Gasteiger partial charge in [0.2, 0.25) is 0 Å². The first-order valence-corrected chi connectivity index (χ1v) is 10.2. The molecular weight excluding hydrogens is 208 g/mol. The van der Waals surface area contributed by atoms with Crippen molar-refractivity contribution in [2.45, 2.75) is 65.2 Å². The first kappa shape index (κ1) is 14.5. The molecule has 0 fully saturated rings. The van der Waals surface area contributed by atoms with Crippen LogP contribution >= 0.6 is 11.6 Å². The molecule has 0 aliphatic heterocycles. The highest BCUT2D eigenvalue weighted by Gasteiger charge is 2.32. The quantitative estimate of drug-likeness (QED) is 0.422. The van der Waals surface area contributed by atoms with Gasteiger partial charge in [-0.1, -0.05) is 52.4 Å². The standard InChI is InChI=1S/C12H27ClSi/c1-6-8-9-12(7-2,10-13)11-14(3,4)5/h6-11H2,1-5H3. The zero-order valence-electron chi connectivity index (χ0n) is 10.6. The smallest absolute Gasteiger partial charge is 0.0448 e. The van der Waals surface area contributed by atoms with Crippen LogP contribution in [0.4, 0.5) is 0 Å². The van der Waals surface area contributed by atoms with Crippen LogP contribution in [0.25, 0.3) is 0 Å². The monoisotopic (exact) mass is 234 g/mol. The lowest BCUT2D eigenvalue weighted by molar-refractivity contribution is 0.313. The van der Waals surface area contributed by atoms with Crippen LogP contribution < -0.4 is 0 Å². The fraction of sp³-hybridized carbons (Fsp3) is 1.00. The van der Waals surface area contributed by atoms with Gasteiger partial charge in [-0.3, -0.25) is 0 Å². The number of hydrogen-bond donors (Lipinski definition) is 0. The van der Waals surface area contributed by atoms with Crippen LogP contribution in [0.5, 0.6) is 0 Å². The fourth-order valence-electron chi connectivity index (χ4n) is 2.28. The summed E-state index contributed by atoms with van der Waals surface area (Å²) in [6, 6.07) is 1.39. The summed E-state index contributed by atoms with van der Waals surface area (Å²) < 4.78 is 0. The van der Waals surface area contributed by atoms with Crippen molar-refractivity contribution in [3.05, 3.63) is 0 Å². The molecule has 0 nitrogen and oxygen atoms in total. The highest BCUT2D eigenvalue weighted by Crippen LogP contribution is 2.38. The second-order valence-corrected chi connectivity index (χ2v) is 11.6. The van der Waals surface area contributed by atoms with E-state index in [-0.39, 0.29) is 0 Å². The molecule has 0 spiro atoms. The summed E-state index contributed by atoms with van der Waals surface area (Å²) in [7, 11) is -0.969. The van der Waals surface area contributed by atoms with Crippen LogP contribution in [0.1, 0.15) is 39.5 Å². The summed E-state index contributed by atoms with van der Waals surface area (Å²) in [6.07, 6.45) is 5.21. The van der Waals surface area contributed by atoms with E-state index in [2.05, 4.69) is 33.5 Å². The Labute approximate surface area is 96.4 Å². The summed E-state index contributed by atoms with van der Waals surface area (Å²) >= 11 is 6.19. The molecular formula is C12H27ClSi. The second kappa shape index (κ2) is 6.17. The van der Waals surface area contributed by atoms with Gasteiger partial charge < -0.3 is 0 Å². The van der Waals surface area contributed by atoms with Gasteiger partial charge in [0, 0.05) is 14.0 Å². The second-order valence-electron chi connectivity index (χ2n) is 5.83. The molecule has 0 saturated carbocycles. The van der Waals surface area contributed by atoms with E-state index in [0.29, 0.717) is 5.41 Å². The predicted molar refractivity (Wildman–Crippen MR) is 71.1 cm³/mol. The molecule has 86 valence electrons. The molecule has 0 N–H and O–H groups in total. The summed E-state index contributed by atoms with van der Waals surface area (Å²) in [5.74, 6) is 0.855. The van der Waals surface area contributed by atoms with E-state index in [4.69, 9.17) is 11.6 Å². The number of rotatable bonds is 7. The summed E-state index contributed by atoms with van der Waals surface area (Å²) in [4.78, 5) is 0. The molecule has 0 aromatic heterocycles. The predicted octanol–water partition coefficient (Wildman–Crippen LogP) is 5.15. The minimum atomic E-state index is -0.969. The van der Waals surface area contributed by atoms with Gasteiger partial charge >= 0.3 is 0 Å². The molecule has 0 aromatic rings. The van der Waals surface area contributed by atoms with Crippen molar-refractivity contribution in [1.82, 2.24) is 0 Å². The van der Waals surface area contributed by atoms with Gasteiger partial charge in [0.05, 0.1) is 0 Å². The molecule has 0 saturated heterocycles. The molecule has 0 rings (SSSR count). The fourth-order valence-corrected chi connectivity index (χ4v) is 5.65. The molecule has 0 radical (unpaired) electrons. The highest BCUT2D eigenvalue weighted by atomic mass is 35.5. The zero-order valence-corrected chi connectivity index (χ0v) is 12.4. The maximum absolute atomic E-state index is 6.19. The van der Waals surface area contributed by atoms with Crippen LogP contribution in [0.15, 0.2) is 0 Å². The average molecular weight is 235 g/mol. The van der Waals surface area contributed by atoms with Crippen molar-refractivity contribution in [2.75, 3.05) is 5.88 Å². The Kier molecular flexibility index (Phi) is 6.39. The lowest BCUT2D eigenvalue weighted by atomic mass is 9.84. The topological polar surface area (TPSA) is 0 Å². The normalized spacial score (nSPS) is 16.7. The molecule has 1 unspecified atom stereocenters. The Bertz CT molecular complexity index is 145. The molecule has 14 heavy (non-hydrogen) atoms. The Hall–Kier alpha value is 0.507. The first-order valence-electron chi connectivity index (χ1n) is 5.95. The zero-order chi connectivity index (χ0) is 11.2. The van der Waals surface area contributed by atoms with E-state index in [1.54, 1.807) is 0 Å². The van der Waals surface area contributed by atoms with Crippen LogP contribution in [-0.4, -0.2) is 14.0 Å². The van der Waals surface area contributed by atoms with Gasteiger partial charge in [-0.25, -0.2) is 0 Å². The van der Waals surface area contributed by atoms with Crippen molar-refractivity contribution in [3.8, 4) is 0 Å². The van der Waals surface area contributed by atoms with Crippen molar-refractivity contribution >= 4 is 19.7 Å². The SMILES string of the molecule is CCCCC(CC)(CCl)C[Si](C)(C)C. The molecule has 0 heterocycles. The third-order valence-corrected chi connectivity index (χ3v) is 5.38. The number of halogens is 1. The summed E-state index contributed by atoms with van der Waals surface area (Å²) in [5.41, 5.74) is 0.446. The maximum Gasteiger partial charge on any atom is 0.0448 e. The number of alkyl halides is 1. The van der Waals surface area contributed by atoms with Crippen molar-refractivity contribution < 1.29 is 0 Å². The molecule has 1 atom stereocenters. The number of hydrogen-bond acceptors (Lipinski definition) is 0. The van der Waals surface area contributed by atoms with Crippen LogP contribution in [0.3, 0.4) is 0 Å². The van der Waals surface area contributed by atoms with Crippen molar-refractivity contribution in [2.24, 2.45) is 5.41 Å². The van der Waals surface area contributed by atoms with Crippen LogP contribution in [0.2, 0.25) is 25.7 Å². The molecule has 0 aliphatic rings. The van der Waals surface area contributed by atoms with E-state index in [0.717, 1.165) is 5.88 Å². The molecule has 0 bridgehead atoms. The Balaban J connectivity index is 4.36. The Morgan fingerprint density at radius 1 is 1.14 bits per heavy atom. The van der Waals surface area contributed by atoms with Gasteiger partial charge in [-0.15, -0.1) is 11.6 Å².